The standard InChI is InChI=1S/C12H6BrF15O2/c1-29-7(30-2)3(5(15,16)9(19,20)12(26,27)28)4(14)6(17,18)8(13,10(7,21)22)11(23,24)25/h1-2H3. The number of alkyl halides is 15. The van der Waals surface area contributed by atoms with Crippen molar-refractivity contribution in [1.29, 1.82) is 0 Å². The molecule has 0 aliphatic heterocycles. The summed E-state index contributed by atoms with van der Waals surface area (Å²) in [6.45, 7) is 0. The summed E-state index contributed by atoms with van der Waals surface area (Å²) in [6, 6.07) is 0. The molecule has 1 atom stereocenters. The van der Waals surface area contributed by atoms with E-state index >= 15 is 0 Å². The van der Waals surface area contributed by atoms with Gasteiger partial charge in [0.05, 0.1) is 0 Å². The van der Waals surface area contributed by atoms with Crippen molar-refractivity contribution in [2.24, 2.45) is 0 Å². The minimum absolute atomic E-state index is 0.306. The molecule has 1 unspecified atom stereocenters. The van der Waals surface area contributed by atoms with Gasteiger partial charge in [0.1, 0.15) is 5.57 Å². The molecule has 0 amide bonds. The van der Waals surface area contributed by atoms with Crippen LogP contribution in [0.15, 0.2) is 11.4 Å². The third-order valence-electron chi connectivity index (χ3n) is 4.13. The van der Waals surface area contributed by atoms with E-state index < -0.39 is 57.6 Å². The van der Waals surface area contributed by atoms with Gasteiger partial charge in [0.15, 0.2) is 5.83 Å². The van der Waals surface area contributed by atoms with Gasteiger partial charge in [-0.05, 0) is 0 Å². The molecule has 1 aliphatic carbocycles. The second-order valence-electron chi connectivity index (χ2n) is 5.67. The minimum Gasteiger partial charge on any atom is -0.345 e. The zero-order chi connectivity index (χ0) is 24.6. The first kappa shape index (κ1) is 27.1. The normalized spacial score (nSPS) is 27.4. The van der Waals surface area contributed by atoms with Crippen molar-refractivity contribution < 1.29 is 75.3 Å². The smallest absolute Gasteiger partial charge is 0.345 e. The van der Waals surface area contributed by atoms with Crippen LogP contribution in [-0.2, 0) is 9.47 Å². The van der Waals surface area contributed by atoms with E-state index in [4.69, 9.17) is 0 Å². The van der Waals surface area contributed by atoms with E-state index in [-0.39, 0.29) is 14.2 Å². The lowest BCUT2D eigenvalue weighted by Crippen LogP contribution is -2.78. The number of halogens is 16. The fourth-order valence-electron chi connectivity index (χ4n) is 2.61. The van der Waals surface area contributed by atoms with E-state index in [0.29, 0.717) is 0 Å². The largest absolute Gasteiger partial charge is 0.460 e. The summed E-state index contributed by atoms with van der Waals surface area (Å²) >= 11 is 0.828. The van der Waals surface area contributed by atoms with Crippen LogP contribution in [0.25, 0.3) is 0 Å². The van der Waals surface area contributed by atoms with Gasteiger partial charge in [-0.2, -0.15) is 61.5 Å². The first-order valence-electron chi connectivity index (χ1n) is 6.75. The Kier molecular flexibility index (Phi) is 6.14. The first-order valence-corrected chi connectivity index (χ1v) is 7.54. The number of hydrogen-bond donors (Lipinski definition) is 0. The van der Waals surface area contributed by atoms with E-state index in [1.165, 1.54) is 0 Å². The monoisotopic (exact) mass is 546 g/mol. The van der Waals surface area contributed by atoms with E-state index in [2.05, 4.69) is 9.47 Å². The molecule has 2 nitrogen and oxygen atoms in total. The molecule has 18 heteroatoms. The highest BCUT2D eigenvalue weighted by molar-refractivity contribution is 9.10. The minimum atomic E-state index is -7.54. The lowest BCUT2D eigenvalue weighted by Gasteiger charge is -2.53. The second-order valence-corrected chi connectivity index (χ2v) is 6.85. The third kappa shape index (κ3) is 2.80. The van der Waals surface area contributed by atoms with Gasteiger partial charge in [-0.3, -0.25) is 0 Å². The van der Waals surface area contributed by atoms with Crippen LogP contribution >= 0.6 is 15.9 Å². The lowest BCUT2D eigenvalue weighted by molar-refractivity contribution is -0.396. The fraction of sp³-hybridized carbons (Fsp3) is 0.833. The van der Waals surface area contributed by atoms with Crippen LogP contribution in [0, 0.1) is 0 Å². The molecular formula is C12H6BrF15O2. The van der Waals surface area contributed by atoms with Crippen LogP contribution in [0.2, 0.25) is 0 Å². The van der Waals surface area contributed by atoms with Crippen LogP contribution in [-0.4, -0.2) is 60.4 Å². The molecule has 0 fully saturated rings. The Balaban J connectivity index is 4.30. The maximum atomic E-state index is 14.6. The maximum absolute atomic E-state index is 14.6. The van der Waals surface area contributed by atoms with Crippen LogP contribution in [0.4, 0.5) is 65.9 Å². The Bertz CT molecular complexity index is 718. The molecule has 0 aromatic heterocycles. The summed E-state index contributed by atoms with van der Waals surface area (Å²) in [5.41, 5.74) is -4.18. The van der Waals surface area contributed by atoms with E-state index in [1.807, 2.05) is 0 Å². The lowest BCUT2D eigenvalue weighted by atomic mass is 9.73. The summed E-state index contributed by atoms with van der Waals surface area (Å²) in [6.07, 6.45) is -14.3. The van der Waals surface area contributed by atoms with E-state index in [1.54, 1.807) is 0 Å². The summed E-state index contributed by atoms with van der Waals surface area (Å²) in [5, 5.41) is 0. The van der Waals surface area contributed by atoms with Crippen molar-refractivity contribution in [3.8, 4) is 0 Å². The molecule has 0 heterocycles. The molecule has 178 valence electrons. The maximum Gasteiger partial charge on any atom is 0.460 e. The summed E-state index contributed by atoms with van der Waals surface area (Å²) in [5.74, 6) is -38.3. The molecule has 0 spiro atoms. The molecule has 0 N–H and O–H groups in total. The summed E-state index contributed by atoms with van der Waals surface area (Å²) < 4.78 is 204. The van der Waals surface area contributed by atoms with Gasteiger partial charge >= 0.3 is 36.0 Å². The Hall–Kier alpha value is -0.910. The van der Waals surface area contributed by atoms with Crippen molar-refractivity contribution >= 4 is 15.9 Å². The summed E-state index contributed by atoms with van der Waals surface area (Å²) in [4.78, 5) is 0. The summed E-state index contributed by atoms with van der Waals surface area (Å²) in [7, 11) is -0.612. The van der Waals surface area contributed by atoms with Crippen molar-refractivity contribution in [1.82, 2.24) is 0 Å². The quantitative estimate of drug-likeness (QED) is 0.244. The molecule has 0 bridgehead atoms. The first-order chi connectivity index (χ1) is 12.9. The van der Waals surface area contributed by atoms with Gasteiger partial charge in [-0.25, -0.2) is 4.39 Å². The predicted molar refractivity (Wildman–Crippen MR) is 68.4 cm³/mol. The molecule has 1 rings (SSSR count). The fourth-order valence-corrected chi connectivity index (χ4v) is 3.05. The van der Waals surface area contributed by atoms with Crippen molar-refractivity contribution in [3.63, 3.8) is 0 Å². The molecule has 0 radical (unpaired) electrons. The van der Waals surface area contributed by atoms with Crippen LogP contribution in [0.1, 0.15) is 0 Å². The molecular weight excluding hydrogens is 541 g/mol. The number of allylic oxidation sites excluding steroid dienone is 1. The average molecular weight is 547 g/mol. The zero-order valence-corrected chi connectivity index (χ0v) is 15.4. The third-order valence-corrected chi connectivity index (χ3v) is 5.58. The van der Waals surface area contributed by atoms with Gasteiger partial charge < -0.3 is 9.47 Å². The van der Waals surface area contributed by atoms with Gasteiger partial charge in [0, 0.05) is 14.2 Å². The molecule has 0 aromatic carbocycles. The highest BCUT2D eigenvalue weighted by Gasteiger charge is 2.93. The number of methoxy groups -OCH3 is 2. The van der Waals surface area contributed by atoms with Gasteiger partial charge in [0.2, 0.25) is 0 Å². The SMILES string of the molecule is COC1(OC)C(C(F)(F)C(F)(F)C(F)(F)F)=C(F)C(F)(F)C(Br)(C(F)(F)F)C1(F)F. The number of ether oxygens (including phenoxy) is 2. The highest BCUT2D eigenvalue weighted by atomic mass is 79.9. The topological polar surface area (TPSA) is 18.5 Å². The zero-order valence-electron chi connectivity index (χ0n) is 13.9. The number of rotatable bonds is 4. The number of hydrogen-bond acceptors (Lipinski definition) is 2. The van der Waals surface area contributed by atoms with E-state index in [0.717, 1.165) is 15.9 Å². The predicted octanol–water partition coefficient (Wildman–Crippen LogP) is 6.01. The van der Waals surface area contributed by atoms with Crippen molar-refractivity contribution in [3.05, 3.63) is 11.4 Å². The second kappa shape index (κ2) is 6.79. The van der Waals surface area contributed by atoms with Crippen molar-refractivity contribution in [2.75, 3.05) is 14.2 Å². The Morgan fingerprint density at radius 1 is 0.767 bits per heavy atom. The van der Waals surface area contributed by atoms with Gasteiger partial charge in [0.25, 0.3) is 10.1 Å². The Morgan fingerprint density at radius 3 is 1.40 bits per heavy atom. The van der Waals surface area contributed by atoms with Crippen LogP contribution in [0.3, 0.4) is 0 Å². The Labute approximate surface area is 164 Å². The van der Waals surface area contributed by atoms with Crippen molar-refractivity contribution in [2.45, 2.75) is 46.2 Å². The van der Waals surface area contributed by atoms with Crippen LogP contribution < -0.4 is 0 Å². The molecule has 0 saturated carbocycles. The van der Waals surface area contributed by atoms with Gasteiger partial charge in [-0.15, -0.1) is 0 Å². The average Bonchev–Trinajstić information content (AvgIpc) is 2.54. The van der Waals surface area contributed by atoms with Gasteiger partial charge in [-0.1, -0.05) is 15.9 Å². The highest BCUT2D eigenvalue weighted by Crippen LogP contribution is 2.70. The van der Waals surface area contributed by atoms with E-state index in [9.17, 15) is 65.9 Å². The Morgan fingerprint density at radius 2 is 1.13 bits per heavy atom. The molecule has 1 aliphatic rings. The molecule has 0 aromatic rings. The van der Waals surface area contributed by atoms with Crippen LogP contribution in [0.5, 0.6) is 0 Å². The molecule has 30 heavy (non-hydrogen) atoms. The molecule has 0 saturated heterocycles.